The van der Waals surface area contributed by atoms with Crippen LogP contribution in [0.5, 0.6) is 5.75 Å². The fraction of sp³-hybridized carbons (Fsp3) is 0.560. The Balaban J connectivity index is 1.66. The van der Waals surface area contributed by atoms with E-state index in [0.29, 0.717) is 23.0 Å². The number of nitrogens with zero attached hydrogens (tertiary/aromatic N) is 4. The van der Waals surface area contributed by atoms with Crippen LogP contribution in [0.1, 0.15) is 56.6 Å². The van der Waals surface area contributed by atoms with Gasteiger partial charge in [-0.05, 0) is 42.9 Å². The molecule has 1 fully saturated rings. The first kappa shape index (κ1) is 24.1. The number of rotatable bonds is 7. The molecule has 0 aliphatic carbocycles. The molecule has 2 N–H and O–H groups in total. The molecule has 0 bridgehead atoms. The number of anilines is 1. The van der Waals surface area contributed by atoms with E-state index in [1.165, 1.54) is 4.57 Å². The van der Waals surface area contributed by atoms with Crippen molar-refractivity contribution in [3.05, 3.63) is 50.2 Å². The number of fused-ring (bicyclic) bond motifs is 1. The maximum Gasteiger partial charge on any atom is 0.329 e. The van der Waals surface area contributed by atoms with Crippen LogP contribution >= 0.6 is 0 Å². The number of hydrogen-bond donors (Lipinski definition) is 2. The summed E-state index contributed by atoms with van der Waals surface area (Å²) in [6.45, 7) is 8.07. The molecule has 0 spiro atoms. The van der Waals surface area contributed by atoms with Gasteiger partial charge < -0.3 is 19.3 Å². The SMILES string of the molecule is Cc1ccc(C(C)C)c(OCC(O)Cn2c(N3CCCCCC3)nc3c2c(=O)[nH]c(=O)n3C)c1. The predicted octanol–water partition coefficient (Wildman–Crippen LogP) is 2.68. The lowest BCUT2D eigenvalue weighted by Crippen LogP contribution is -2.32. The lowest BCUT2D eigenvalue weighted by atomic mass is 10.0. The van der Waals surface area contributed by atoms with Crippen molar-refractivity contribution >= 4 is 17.1 Å². The quantitative estimate of drug-likeness (QED) is 0.551. The van der Waals surface area contributed by atoms with Crippen LogP contribution < -0.4 is 20.9 Å². The highest BCUT2D eigenvalue weighted by atomic mass is 16.5. The van der Waals surface area contributed by atoms with Gasteiger partial charge in [-0.3, -0.25) is 14.3 Å². The standard InChI is InChI=1S/C25H35N5O4/c1-16(2)19-10-9-17(3)13-20(19)34-15-18(31)14-30-21-22(28(4)25(33)27-23(21)32)26-24(30)29-11-7-5-6-8-12-29/h9-10,13,16,18,31H,5-8,11-12,14-15H2,1-4H3,(H,27,32,33). The van der Waals surface area contributed by atoms with Crippen molar-refractivity contribution in [1.29, 1.82) is 0 Å². The molecule has 4 rings (SSSR count). The number of ether oxygens (including phenoxy) is 1. The van der Waals surface area contributed by atoms with E-state index in [-0.39, 0.29) is 13.2 Å². The average molecular weight is 470 g/mol. The zero-order valence-corrected chi connectivity index (χ0v) is 20.5. The summed E-state index contributed by atoms with van der Waals surface area (Å²) in [6.07, 6.45) is 3.51. The van der Waals surface area contributed by atoms with Crippen molar-refractivity contribution < 1.29 is 9.84 Å². The van der Waals surface area contributed by atoms with Crippen LogP contribution in [0.3, 0.4) is 0 Å². The number of imidazole rings is 1. The Hall–Kier alpha value is -3.07. The van der Waals surface area contributed by atoms with Crippen molar-refractivity contribution in [3.8, 4) is 5.75 Å². The highest BCUT2D eigenvalue weighted by molar-refractivity contribution is 5.74. The number of aromatic amines is 1. The first-order valence-electron chi connectivity index (χ1n) is 12.1. The number of aliphatic hydroxyl groups is 1. The highest BCUT2D eigenvalue weighted by Gasteiger charge is 2.24. The monoisotopic (exact) mass is 469 g/mol. The second-order valence-electron chi connectivity index (χ2n) is 9.57. The number of hydrogen-bond acceptors (Lipinski definition) is 6. The second kappa shape index (κ2) is 10.0. The van der Waals surface area contributed by atoms with Crippen molar-refractivity contribution in [2.75, 3.05) is 24.6 Å². The van der Waals surface area contributed by atoms with Crippen LogP contribution in [0, 0.1) is 6.92 Å². The fourth-order valence-corrected chi connectivity index (χ4v) is 4.60. The summed E-state index contributed by atoms with van der Waals surface area (Å²) in [5, 5.41) is 11.0. The molecule has 0 saturated carbocycles. The minimum absolute atomic E-state index is 0.0754. The van der Waals surface area contributed by atoms with E-state index in [1.54, 1.807) is 11.6 Å². The molecule has 1 aromatic carbocycles. The Morgan fingerprint density at radius 1 is 1.15 bits per heavy atom. The van der Waals surface area contributed by atoms with Crippen LogP contribution in [0.4, 0.5) is 5.95 Å². The summed E-state index contributed by atoms with van der Waals surface area (Å²) < 4.78 is 9.13. The van der Waals surface area contributed by atoms with Crippen LogP contribution in [0.15, 0.2) is 27.8 Å². The molecule has 1 aliphatic rings. The molecule has 3 heterocycles. The Morgan fingerprint density at radius 2 is 1.85 bits per heavy atom. The molecule has 1 unspecified atom stereocenters. The molecule has 3 aromatic rings. The molecule has 0 amide bonds. The minimum atomic E-state index is -0.875. The normalized spacial score (nSPS) is 15.6. The summed E-state index contributed by atoms with van der Waals surface area (Å²) in [7, 11) is 1.59. The molecule has 34 heavy (non-hydrogen) atoms. The molecule has 1 saturated heterocycles. The molecule has 1 atom stereocenters. The predicted molar refractivity (Wildman–Crippen MR) is 133 cm³/mol. The molecule has 1 aliphatic heterocycles. The highest BCUT2D eigenvalue weighted by Crippen LogP contribution is 2.28. The van der Waals surface area contributed by atoms with Gasteiger partial charge >= 0.3 is 5.69 Å². The fourth-order valence-electron chi connectivity index (χ4n) is 4.60. The lowest BCUT2D eigenvalue weighted by Gasteiger charge is -2.24. The van der Waals surface area contributed by atoms with Crippen molar-refractivity contribution in [2.24, 2.45) is 7.05 Å². The summed E-state index contributed by atoms with van der Waals surface area (Å²) in [4.78, 5) is 34.2. The van der Waals surface area contributed by atoms with E-state index in [2.05, 4.69) is 35.9 Å². The molecular weight excluding hydrogens is 434 g/mol. The Bertz CT molecular complexity index is 1260. The zero-order valence-electron chi connectivity index (χ0n) is 20.5. The molecule has 184 valence electrons. The first-order valence-corrected chi connectivity index (χ1v) is 12.1. The topological polar surface area (TPSA) is 105 Å². The first-order chi connectivity index (χ1) is 16.3. The Morgan fingerprint density at radius 3 is 2.53 bits per heavy atom. The van der Waals surface area contributed by atoms with Gasteiger partial charge in [0.05, 0.1) is 6.54 Å². The molecule has 2 aromatic heterocycles. The van der Waals surface area contributed by atoms with Crippen LogP contribution in [0.25, 0.3) is 11.2 Å². The molecule has 0 radical (unpaired) electrons. The van der Waals surface area contributed by atoms with E-state index in [1.807, 2.05) is 13.0 Å². The summed E-state index contributed by atoms with van der Waals surface area (Å²) >= 11 is 0. The summed E-state index contributed by atoms with van der Waals surface area (Å²) in [5.41, 5.74) is 1.78. The van der Waals surface area contributed by atoms with Crippen molar-refractivity contribution in [1.82, 2.24) is 19.1 Å². The summed E-state index contributed by atoms with van der Waals surface area (Å²) in [5.74, 6) is 1.67. The smallest absolute Gasteiger partial charge is 0.329 e. The van der Waals surface area contributed by atoms with E-state index < -0.39 is 17.4 Å². The summed E-state index contributed by atoms with van der Waals surface area (Å²) in [6, 6.07) is 6.10. The Labute approximate surface area is 199 Å². The van der Waals surface area contributed by atoms with Gasteiger partial charge in [0.2, 0.25) is 5.95 Å². The van der Waals surface area contributed by atoms with Gasteiger partial charge in [0.25, 0.3) is 5.56 Å². The minimum Gasteiger partial charge on any atom is -0.491 e. The van der Waals surface area contributed by atoms with Crippen LogP contribution in [-0.2, 0) is 13.6 Å². The third-order valence-corrected chi connectivity index (χ3v) is 6.49. The molecular formula is C25H35N5O4. The van der Waals surface area contributed by atoms with Gasteiger partial charge in [-0.2, -0.15) is 4.98 Å². The van der Waals surface area contributed by atoms with Crippen LogP contribution in [-0.4, -0.2) is 50.0 Å². The van der Waals surface area contributed by atoms with E-state index >= 15 is 0 Å². The Kier molecular flexibility index (Phi) is 7.11. The van der Waals surface area contributed by atoms with Crippen molar-refractivity contribution in [3.63, 3.8) is 0 Å². The van der Waals surface area contributed by atoms with Gasteiger partial charge in [0, 0.05) is 20.1 Å². The van der Waals surface area contributed by atoms with Crippen molar-refractivity contribution in [2.45, 2.75) is 65.0 Å². The number of aromatic nitrogens is 4. The van der Waals surface area contributed by atoms with Gasteiger partial charge in [0.1, 0.15) is 18.5 Å². The number of H-pyrrole nitrogens is 1. The largest absolute Gasteiger partial charge is 0.491 e. The van der Waals surface area contributed by atoms with Gasteiger partial charge in [0.15, 0.2) is 11.2 Å². The number of aliphatic hydroxyl groups excluding tert-OH is 1. The molecule has 9 nitrogen and oxygen atoms in total. The van der Waals surface area contributed by atoms with E-state index in [0.717, 1.165) is 55.6 Å². The number of aryl methyl sites for hydroxylation is 2. The average Bonchev–Trinajstić information content (AvgIpc) is 2.96. The molecule has 9 heteroatoms. The van der Waals surface area contributed by atoms with Gasteiger partial charge in [-0.15, -0.1) is 0 Å². The number of nitrogens with one attached hydrogen (secondary N) is 1. The van der Waals surface area contributed by atoms with E-state index in [9.17, 15) is 14.7 Å². The number of benzene rings is 1. The van der Waals surface area contributed by atoms with Crippen LogP contribution in [0.2, 0.25) is 0 Å². The van der Waals surface area contributed by atoms with E-state index in [4.69, 9.17) is 9.72 Å². The third-order valence-electron chi connectivity index (χ3n) is 6.49. The van der Waals surface area contributed by atoms with Gasteiger partial charge in [-0.25, -0.2) is 4.79 Å². The maximum absolute atomic E-state index is 12.8. The van der Waals surface area contributed by atoms with Gasteiger partial charge in [-0.1, -0.05) is 38.8 Å². The second-order valence-corrected chi connectivity index (χ2v) is 9.57. The maximum atomic E-state index is 12.8. The zero-order chi connectivity index (χ0) is 24.4. The third kappa shape index (κ3) is 4.89. The lowest BCUT2D eigenvalue weighted by molar-refractivity contribution is 0.0930.